The summed E-state index contributed by atoms with van der Waals surface area (Å²) in [6.07, 6.45) is 0. The van der Waals surface area contributed by atoms with E-state index in [1.54, 1.807) is 0 Å². The summed E-state index contributed by atoms with van der Waals surface area (Å²) in [6, 6.07) is 7.45. The lowest BCUT2D eigenvalue weighted by molar-refractivity contribution is 0.102. The van der Waals surface area contributed by atoms with Crippen LogP contribution in [0, 0.1) is 11.6 Å². The smallest absolute Gasteiger partial charge is 0.255 e. The zero-order valence-electron chi connectivity index (χ0n) is 9.58. The minimum atomic E-state index is -0.687. The molecule has 0 aliphatic rings. The third-order valence-electron chi connectivity index (χ3n) is 2.44. The standard InChI is InChI=1S/C13H9ClF2N2O/c14-9-3-1-7(5-11(9)16)13(19)18-8-2-4-10(15)12(17)6-8/h1-6H,17H2,(H,18,19). The molecule has 0 aliphatic carbocycles. The van der Waals surface area contributed by atoms with Gasteiger partial charge in [0.05, 0.1) is 10.7 Å². The number of benzene rings is 2. The molecule has 0 saturated heterocycles. The van der Waals surface area contributed by atoms with Gasteiger partial charge in [0.1, 0.15) is 11.6 Å². The van der Waals surface area contributed by atoms with Crippen molar-refractivity contribution in [1.82, 2.24) is 0 Å². The number of carbonyl (C=O) groups excluding carboxylic acids is 1. The van der Waals surface area contributed by atoms with Gasteiger partial charge in [-0.1, -0.05) is 11.6 Å². The van der Waals surface area contributed by atoms with E-state index in [0.717, 1.165) is 12.1 Å². The molecule has 0 fully saturated rings. The molecule has 0 radical (unpaired) electrons. The maximum atomic E-state index is 13.2. The van der Waals surface area contributed by atoms with Gasteiger partial charge in [0, 0.05) is 11.3 Å². The number of rotatable bonds is 2. The lowest BCUT2D eigenvalue weighted by Crippen LogP contribution is -2.12. The molecule has 0 aliphatic heterocycles. The fraction of sp³-hybridized carbons (Fsp3) is 0. The number of amides is 1. The maximum Gasteiger partial charge on any atom is 0.255 e. The summed E-state index contributed by atoms with van der Waals surface area (Å²) in [6.45, 7) is 0. The Kier molecular flexibility index (Phi) is 3.66. The highest BCUT2D eigenvalue weighted by molar-refractivity contribution is 6.30. The molecular weight excluding hydrogens is 274 g/mol. The Balaban J connectivity index is 2.20. The summed E-state index contributed by atoms with van der Waals surface area (Å²) in [7, 11) is 0. The monoisotopic (exact) mass is 282 g/mol. The number of anilines is 2. The summed E-state index contributed by atoms with van der Waals surface area (Å²) < 4.78 is 26.2. The molecule has 0 atom stereocenters. The average Bonchev–Trinajstić information content (AvgIpc) is 2.37. The van der Waals surface area contributed by atoms with Gasteiger partial charge >= 0.3 is 0 Å². The van der Waals surface area contributed by atoms with Crippen LogP contribution in [-0.4, -0.2) is 5.91 Å². The number of halogens is 3. The second kappa shape index (κ2) is 5.24. The Hall–Kier alpha value is -2.14. The molecular formula is C13H9ClF2N2O. The Morgan fingerprint density at radius 2 is 1.84 bits per heavy atom. The van der Waals surface area contributed by atoms with E-state index in [9.17, 15) is 13.6 Å². The number of nitrogen functional groups attached to an aromatic ring is 1. The zero-order chi connectivity index (χ0) is 14.0. The summed E-state index contributed by atoms with van der Waals surface area (Å²) in [5, 5.41) is 2.41. The fourth-order valence-corrected chi connectivity index (χ4v) is 1.58. The van der Waals surface area contributed by atoms with Crippen LogP contribution in [0.1, 0.15) is 10.4 Å². The van der Waals surface area contributed by atoms with E-state index in [-0.39, 0.29) is 16.3 Å². The van der Waals surface area contributed by atoms with Crippen LogP contribution in [-0.2, 0) is 0 Å². The maximum absolute atomic E-state index is 13.2. The predicted octanol–water partition coefficient (Wildman–Crippen LogP) is 3.45. The number of nitrogens with one attached hydrogen (secondary N) is 1. The molecule has 0 aromatic heterocycles. The summed E-state index contributed by atoms with van der Waals surface area (Å²) in [5.41, 5.74) is 5.71. The van der Waals surface area contributed by atoms with E-state index >= 15 is 0 Å². The molecule has 3 N–H and O–H groups in total. The molecule has 19 heavy (non-hydrogen) atoms. The van der Waals surface area contributed by atoms with Crippen LogP contribution >= 0.6 is 11.6 Å². The highest BCUT2D eigenvalue weighted by atomic mass is 35.5. The minimum absolute atomic E-state index is 0.0671. The van der Waals surface area contributed by atoms with Crippen LogP contribution in [0.5, 0.6) is 0 Å². The van der Waals surface area contributed by atoms with Crippen LogP contribution < -0.4 is 11.1 Å². The molecule has 0 bridgehead atoms. The van der Waals surface area contributed by atoms with Crippen molar-refractivity contribution in [2.75, 3.05) is 11.1 Å². The molecule has 6 heteroatoms. The summed E-state index contributed by atoms with van der Waals surface area (Å²) in [4.78, 5) is 11.8. The van der Waals surface area contributed by atoms with Gasteiger partial charge in [0.15, 0.2) is 0 Å². The highest BCUT2D eigenvalue weighted by Crippen LogP contribution is 2.19. The molecule has 2 aromatic carbocycles. The Morgan fingerprint density at radius 1 is 1.11 bits per heavy atom. The molecule has 1 amide bonds. The number of carbonyl (C=O) groups is 1. The molecule has 98 valence electrons. The van der Waals surface area contributed by atoms with Crippen molar-refractivity contribution in [3.63, 3.8) is 0 Å². The molecule has 0 heterocycles. The second-order valence-corrected chi connectivity index (χ2v) is 4.23. The van der Waals surface area contributed by atoms with Gasteiger partial charge in [-0.2, -0.15) is 0 Å². The number of nitrogens with two attached hydrogens (primary N) is 1. The van der Waals surface area contributed by atoms with Gasteiger partial charge in [0.2, 0.25) is 0 Å². The van der Waals surface area contributed by atoms with Crippen molar-refractivity contribution in [1.29, 1.82) is 0 Å². The fourth-order valence-electron chi connectivity index (χ4n) is 1.46. The predicted molar refractivity (Wildman–Crippen MR) is 70.2 cm³/mol. The number of hydrogen-bond acceptors (Lipinski definition) is 2. The Labute approximate surface area is 113 Å². The molecule has 2 rings (SSSR count). The molecule has 3 nitrogen and oxygen atoms in total. The summed E-state index contributed by atoms with van der Waals surface area (Å²) >= 11 is 5.52. The van der Waals surface area contributed by atoms with Crippen molar-refractivity contribution in [3.8, 4) is 0 Å². The lowest BCUT2D eigenvalue weighted by Gasteiger charge is -2.07. The van der Waals surface area contributed by atoms with Crippen LogP contribution in [0.4, 0.5) is 20.2 Å². The van der Waals surface area contributed by atoms with Crippen molar-refractivity contribution in [2.24, 2.45) is 0 Å². The van der Waals surface area contributed by atoms with Gasteiger partial charge < -0.3 is 11.1 Å². The van der Waals surface area contributed by atoms with E-state index in [1.807, 2.05) is 0 Å². The summed E-state index contributed by atoms with van der Waals surface area (Å²) in [5.74, 6) is -1.80. The average molecular weight is 283 g/mol. The van der Waals surface area contributed by atoms with Gasteiger partial charge in [-0.25, -0.2) is 8.78 Å². The minimum Gasteiger partial charge on any atom is -0.396 e. The first kappa shape index (κ1) is 13.3. The van der Waals surface area contributed by atoms with Gasteiger partial charge in [-0.05, 0) is 36.4 Å². The Bertz CT molecular complexity index is 647. The van der Waals surface area contributed by atoms with Crippen LogP contribution in [0.15, 0.2) is 36.4 Å². The van der Waals surface area contributed by atoms with Crippen molar-refractivity contribution in [3.05, 3.63) is 58.6 Å². The first-order valence-corrected chi connectivity index (χ1v) is 5.66. The van der Waals surface area contributed by atoms with E-state index < -0.39 is 17.5 Å². The van der Waals surface area contributed by atoms with Gasteiger partial charge in [0.25, 0.3) is 5.91 Å². The van der Waals surface area contributed by atoms with Crippen molar-refractivity contribution < 1.29 is 13.6 Å². The third kappa shape index (κ3) is 3.00. The van der Waals surface area contributed by atoms with Gasteiger partial charge in [-0.15, -0.1) is 0 Å². The first-order valence-electron chi connectivity index (χ1n) is 5.29. The molecule has 0 spiro atoms. The molecule has 0 unspecified atom stereocenters. The molecule has 2 aromatic rings. The topological polar surface area (TPSA) is 55.1 Å². The van der Waals surface area contributed by atoms with Crippen molar-refractivity contribution in [2.45, 2.75) is 0 Å². The Morgan fingerprint density at radius 3 is 2.47 bits per heavy atom. The lowest BCUT2D eigenvalue weighted by atomic mass is 10.2. The van der Waals surface area contributed by atoms with E-state index in [4.69, 9.17) is 17.3 Å². The second-order valence-electron chi connectivity index (χ2n) is 3.82. The number of hydrogen-bond donors (Lipinski definition) is 2. The van der Waals surface area contributed by atoms with Crippen LogP contribution in [0.3, 0.4) is 0 Å². The SMILES string of the molecule is Nc1cc(NC(=O)c2ccc(Cl)c(F)c2)ccc1F. The quantitative estimate of drug-likeness (QED) is 0.829. The zero-order valence-corrected chi connectivity index (χ0v) is 10.3. The van der Waals surface area contributed by atoms with E-state index in [0.29, 0.717) is 5.69 Å². The normalized spacial score (nSPS) is 10.3. The van der Waals surface area contributed by atoms with Crippen LogP contribution in [0.2, 0.25) is 5.02 Å². The van der Waals surface area contributed by atoms with E-state index in [2.05, 4.69) is 5.32 Å². The third-order valence-corrected chi connectivity index (χ3v) is 2.74. The molecule has 0 saturated carbocycles. The van der Waals surface area contributed by atoms with E-state index in [1.165, 1.54) is 24.3 Å². The largest absolute Gasteiger partial charge is 0.396 e. The van der Waals surface area contributed by atoms with Crippen LogP contribution in [0.25, 0.3) is 0 Å². The highest BCUT2D eigenvalue weighted by Gasteiger charge is 2.10. The van der Waals surface area contributed by atoms with Gasteiger partial charge in [-0.3, -0.25) is 4.79 Å². The first-order chi connectivity index (χ1) is 8.97. The van der Waals surface area contributed by atoms with Crippen molar-refractivity contribution >= 4 is 28.9 Å².